The summed E-state index contributed by atoms with van der Waals surface area (Å²) in [6.45, 7) is 9.09. The maximum Gasteiger partial charge on any atom is 0.410 e. The van der Waals surface area contributed by atoms with Gasteiger partial charge in [0.25, 0.3) is 0 Å². The lowest BCUT2D eigenvalue weighted by Gasteiger charge is -2.26. The molecule has 0 aromatic heterocycles. The molecule has 8 heteroatoms. The smallest absolute Gasteiger partial charge is 0.410 e. The molecule has 1 aliphatic rings. The van der Waals surface area contributed by atoms with Crippen molar-refractivity contribution in [1.29, 1.82) is 0 Å². The molecule has 1 rings (SSSR count). The third-order valence-electron chi connectivity index (χ3n) is 3.63. The van der Waals surface area contributed by atoms with Gasteiger partial charge in [0.05, 0.1) is 6.61 Å². The summed E-state index contributed by atoms with van der Waals surface area (Å²) < 4.78 is 11.0. The number of carbonyl (C=O) groups is 1. The molecule has 1 amide bonds. The van der Waals surface area contributed by atoms with Crippen LogP contribution in [0.25, 0.3) is 0 Å². The molecule has 0 radical (unpaired) electrons. The zero-order chi connectivity index (χ0) is 18.2. The Kier molecular flexibility index (Phi) is 11.4. The van der Waals surface area contributed by atoms with E-state index in [9.17, 15) is 4.79 Å². The highest BCUT2D eigenvalue weighted by atomic mass is 127. The minimum atomic E-state index is -0.477. The van der Waals surface area contributed by atoms with E-state index in [2.05, 4.69) is 10.3 Å². The predicted molar refractivity (Wildman–Crippen MR) is 112 cm³/mol. The lowest BCUT2D eigenvalue weighted by atomic mass is 10.2. The highest BCUT2D eigenvalue weighted by molar-refractivity contribution is 14.0. The second-order valence-corrected chi connectivity index (χ2v) is 7.32. The molecule has 1 saturated carbocycles. The summed E-state index contributed by atoms with van der Waals surface area (Å²) in [4.78, 5) is 19.7. The lowest BCUT2D eigenvalue weighted by molar-refractivity contribution is 0.0302. The number of nitrogens with one attached hydrogen (secondary N) is 1. The summed E-state index contributed by atoms with van der Waals surface area (Å²) in [6.07, 6.45) is 2.30. The van der Waals surface area contributed by atoms with Crippen LogP contribution in [-0.2, 0) is 9.47 Å². The van der Waals surface area contributed by atoms with Gasteiger partial charge in [0.1, 0.15) is 5.60 Å². The molecular weight excluding hydrogens is 435 g/mol. The van der Waals surface area contributed by atoms with Gasteiger partial charge in [-0.2, -0.15) is 0 Å². The highest BCUT2D eigenvalue weighted by Crippen LogP contribution is 2.28. The fourth-order valence-corrected chi connectivity index (χ4v) is 1.99. The largest absolute Gasteiger partial charge is 0.444 e. The molecule has 0 unspecified atom stereocenters. The molecule has 25 heavy (non-hydrogen) atoms. The molecule has 0 heterocycles. The maximum atomic E-state index is 11.9. The van der Waals surface area contributed by atoms with E-state index >= 15 is 0 Å². The molecule has 0 saturated heterocycles. The third-order valence-corrected chi connectivity index (χ3v) is 3.63. The number of likely N-dealkylation sites (N-methyl/N-ethyl adjacent to an activating group) is 2. The quantitative estimate of drug-likeness (QED) is 0.256. The van der Waals surface area contributed by atoms with Gasteiger partial charge in [0, 0.05) is 47.4 Å². The monoisotopic (exact) mass is 470 g/mol. The number of nitrogens with zero attached hydrogens (tertiary/aromatic N) is 3. The van der Waals surface area contributed by atoms with Gasteiger partial charge < -0.3 is 24.6 Å². The Bertz CT molecular complexity index is 423. The van der Waals surface area contributed by atoms with Crippen molar-refractivity contribution in [3.63, 3.8) is 0 Å². The molecule has 0 aliphatic heterocycles. The first kappa shape index (κ1) is 24.2. The molecule has 148 valence electrons. The van der Waals surface area contributed by atoms with Crippen molar-refractivity contribution in [2.75, 3.05) is 54.0 Å². The van der Waals surface area contributed by atoms with Gasteiger partial charge in [-0.3, -0.25) is 4.99 Å². The van der Waals surface area contributed by atoms with Gasteiger partial charge in [-0.25, -0.2) is 4.79 Å². The van der Waals surface area contributed by atoms with E-state index in [1.54, 1.807) is 19.0 Å². The Morgan fingerprint density at radius 1 is 1.20 bits per heavy atom. The van der Waals surface area contributed by atoms with E-state index in [1.807, 2.05) is 32.7 Å². The van der Waals surface area contributed by atoms with Crippen molar-refractivity contribution in [2.24, 2.45) is 10.9 Å². The minimum Gasteiger partial charge on any atom is -0.444 e. The van der Waals surface area contributed by atoms with E-state index in [1.165, 1.54) is 12.8 Å². The summed E-state index contributed by atoms with van der Waals surface area (Å²) in [6, 6.07) is 0. The fourth-order valence-electron chi connectivity index (χ4n) is 1.99. The fraction of sp³-hybridized carbons (Fsp3) is 0.882. The zero-order valence-corrected chi connectivity index (χ0v) is 18.8. The predicted octanol–water partition coefficient (Wildman–Crippen LogP) is 2.41. The molecule has 0 spiro atoms. The van der Waals surface area contributed by atoms with E-state index in [0.29, 0.717) is 19.7 Å². The number of carbonyl (C=O) groups excluding carboxylic acids is 1. The van der Waals surface area contributed by atoms with Crippen LogP contribution in [0, 0.1) is 5.92 Å². The van der Waals surface area contributed by atoms with Crippen molar-refractivity contribution >= 4 is 36.0 Å². The van der Waals surface area contributed by atoms with Crippen LogP contribution in [0.3, 0.4) is 0 Å². The van der Waals surface area contributed by atoms with Gasteiger partial charge in [0.2, 0.25) is 0 Å². The van der Waals surface area contributed by atoms with Crippen LogP contribution in [0.15, 0.2) is 4.99 Å². The molecule has 1 N–H and O–H groups in total. The van der Waals surface area contributed by atoms with E-state index in [4.69, 9.17) is 9.47 Å². The highest BCUT2D eigenvalue weighted by Gasteiger charge is 2.21. The average molecular weight is 470 g/mol. The second-order valence-electron chi connectivity index (χ2n) is 7.32. The number of guanidine groups is 1. The first-order valence-corrected chi connectivity index (χ1v) is 8.66. The van der Waals surface area contributed by atoms with Gasteiger partial charge in [-0.1, -0.05) is 0 Å². The molecule has 1 fully saturated rings. The Labute approximate surface area is 169 Å². The molecule has 1 aliphatic carbocycles. The van der Waals surface area contributed by atoms with Gasteiger partial charge >= 0.3 is 6.09 Å². The summed E-state index contributed by atoms with van der Waals surface area (Å²) in [5, 5.41) is 3.25. The van der Waals surface area contributed by atoms with Crippen LogP contribution in [-0.4, -0.2) is 81.4 Å². The Morgan fingerprint density at radius 2 is 1.84 bits per heavy atom. The minimum absolute atomic E-state index is 0. The van der Waals surface area contributed by atoms with Gasteiger partial charge in [0.15, 0.2) is 5.96 Å². The maximum absolute atomic E-state index is 11.9. The molecule has 0 bridgehead atoms. The number of aliphatic imine (C=N–C) groups is 1. The van der Waals surface area contributed by atoms with Gasteiger partial charge in [-0.05, 0) is 39.5 Å². The molecular formula is C17H35IN4O3. The van der Waals surface area contributed by atoms with Crippen molar-refractivity contribution in [3.8, 4) is 0 Å². The average Bonchev–Trinajstić information content (AvgIpc) is 3.30. The number of hydrogen-bond acceptors (Lipinski definition) is 4. The van der Waals surface area contributed by atoms with E-state index < -0.39 is 5.60 Å². The molecule has 0 atom stereocenters. The first-order valence-electron chi connectivity index (χ1n) is 8.66. The number of rotatable bonds is 8. The zero-order valence-electron chi connectivity index (χ0n) is 16.5. The number of ether oxygens (including phenoxy) is 2. The number of hydrogen-bond donors (Lipinski definition) is 1. The van der Waals surface area contributed by atoms with Crippen LogP contribution in [0.4, 0.5) is 4.79 Å². The van der Waals surface area contributed by atoms with Crippen LogP contribution in [0.2, 0.25) is 0 Å². The molecule has 0 aromatic carbocycles. The number of halogens is 1. The molecule has 0 aromatic rings. The van der Waals surface area contributed by atoms with Crippen molar-refractivity contribution in [1.82, 2.24) is 15.1 Å². The van der Waals surface area contributed by atoms with Gasteiger partial charge in [-0.15, -0.1) is 24.0 Å². The SMILES string of the molecule is CN=C(NCCN(C)C(=O)OC(C)(C)C)N(C)CCOCC1CC1.I. The van der Waals surface area contributed by atoms with E-state index in [-0.39, 0.29) is 30.1 Å². The standard InChI is InChI=1S/C17H34N4O3.HI/c1-17(2,3)24-16(22)21(6)10-9-19-15(18-4)20(5)11-12-23-13-14-7-8-14;/h14H,7-13H2,1-6H3,(H,18,19);1H. The van der Waals surface area contributed by atoms with Crippen molar-refractivity contribution < 1.29 is 14.3 Å². The number of amides is 1. The van der Waals surface area contributed by atoms with Crippen LogP contribution in [0.5, 0.6) is 0 Å². The van der Waals surface area contributed by atoms with E-state index in [0.717, 1.165) is 25.0 Å². The summed E-state index contributed by atoms with van der Waals surface area (Å²) in [7, 11) is 5.46. The third kappa shape index (κ3) is 11.5. The summed E-state index contributed by atoms with van der Waals surface area (Å²) >= 11 is 0. The summed E-state index contributed by atoms with van der Waals surface area (Å²) in [5.41, 5.74) is -0.477. The lowest BCUT2D eigenvalue weighted by Crippen LogP contribution is -2.44. The Morgan fingerprint density at radius 3 is 2.36 bits per heavy atom. The Hall–Kier alpha value is -0.770. The second kappa shape index (κ2) is 11.8. The first-order chi connectivity index (χ1) is 11.2. The summed E-state index contributed by atoms with van der Waals surface area (Å²) in [5.74, 6) is 1.58. The van der Waals surface area contributed by atoms with Crippen LogP contribution in [0.1, 0.15) is 33.6 Å². The van der Waals surface area contributed by atoms with Crippen LogP contribution >= 0.6 is 24.0 Å². The van der Waals surface area contributed by atoms with Crippen molar-refractivity contribution in [3.05, 3.63) is 0 Å². The van der Waals surface area contributed by atoms with Crippen molar-refractivity contribution in [2.45, 2.75) is 39.2 Å². The Balaban J connectivity index is 0.00000576. The molecule has 7 nitrogen and oxygen atoms in total. The topological polar surface area (TPSA) is 66.4 Å². The van der Waals surface area contributed by atoms with Crippen LogP contribution < -0.4 is 5.32 Å². The normalized spacial score (nSPS) is 14.6.